The Kier molecular flexibility index (Phi) is 6.34. The number of fused-ring (bicyclic) bond motifs is 1. The van der Waals surface area contributed by atoms with Gasteiger partial charge < -0.3 is 19.3 Å². The normalized spacial score (nSPS) is 19.1. The van der Waals surface area contributed by atoms with E-state index in [1.807, 2.05) is 12.1 Å². The third-order valence-corrected chi connectivity index (χ3v) is 8.53. The highest BCUT2D eigenvalue weighted by atomic mass is 32.1. The molecule has 4 heterocycles. The van der Waals surface area contributed by atoms with Gasteiger partial charge in [0.05, 0.1) is 25.6 Å². The van der Waals surface area contributed by atoms with E-state index in [-0.39, 0.29) is 17.9 Å². The zero-order valence-corrected chi connectivity index (χ0v) is 21.2. The van der Waals surface area contributed by atoms with E-state index >= 15 is 0 Å². The molecule has 3 aromatic rings. The molecule has 34 heavy (non-hydrogen) atoms. The minimum atomic E-state index is 0.0552. The Labute approximate surface area is 204 Å². The van der Waals surface area contributed by atoms with Crippen molar-refractivity contribution in [1.82, 2.24) is 14.9 Å². The highest BCUT2D eigenvalue weighted by Crippen LogP contribution is 2.39. The minimum absolute atomic E-state index is 0.0552. The van der Waals surface area contributed by atoms with Gasteiger partial charge in [-0.25, -0.2) is 9.97 Å². The molecule has 180 valence electrons. The van der Waals surface area contributed by atoms with E-state index in [1.165, 1.54) is 15.8 Å². The first-order chi connectivity index (χ1) is 16.5. The number of nitrogens with zero attached hydrogens (tertiary/aromatic N) is 4. The molecule has 5 rings (SSSR count). The van der Waals surface area contributed by atoms with Crippen molar-refractivity contribution in [1.29, 1.82) is 0 Å². The number of likely N-dealkylation sites (tertiary alicyclic amines) is 1. The molecule has 0 aliphatic carbocycles. The molecule has 1 atom stereocenters. The molecule has 2 fully saturated rings. The molecule has 2 aromatic heterocycles. The molecule has 8 heteroatoms. The van der Waals surface area contributed by atoms with Crippen LogP contribution in [0.1, 0.15) is 47.7 Å². The number of benzene rings is 1. The van der Waals surface area contributed by atoms with Gasteiger partial charge in [0, 0.05) is 30.4 Å². The van der Waals surface area contributed by atoms with E-state index in [1.54, 1.807) is 31.9 Å². The van der Waals surface area contributed by atoms with Crippen LogP contribution in [0.5, 0.6) is 11.5 Å². The third-order valence-electron chi connectivity index (χ3n) is 7.42. The largest absolute Gasteiger partial charge is 0.493 e. The summed E-state index contributed by atoms with van der Waals surface area (Å²) in [6.45, 7) is 6.79. The standard InChI is InChI=1S/C26H32N4O3S/c1-16-17(2)34-25-23(16)24(27-15-28-25)29-12-9-18(10-13-29)26(31)30-11-5-6-20(30)19-7-8-21(32-3)22(14-19)33-4/h7-8,14-15,18,20H,5-6,9-13H2,1-4H3. The second-order valence-electron chi connectivity index (χ2n) is 9.23. The van der Waals surface area contributed by atoms with Gasteiger partial charge in [0.15, 0.2) is 11.5 Å². The van der Waals surface area contributed by atoms with Gasteiger partial charge in [-0.3, -0.25) is 4.79 Å². The van der Waals surface area contributed by atoms with Crippen molar-refractivity contribution >= 4 is 33.3 Å². The number of anilines is 1. The molecular formula is C26H32N4O3S. The van der Waals surface area contributed by atoms with Gasteiger partial charge in [-0.2, -0.15) is 0 Å². The first-order valence-corrected chi connectivity index (χ1v) is 12.8. The number of amides is 1. The smallest absolute Gasteiger partial charge is 0.226 e. The number of carbonyl (C=O) groups is 1. The molecule has 0 saturated carbocycles. The molecule has 0 bridgehead atoms. The lowest BCUT2D eigenvalue weighted by molar-refractivity contribution is -0.137. The molecular weight excluding hydrogens is 448 g/mol. The Hall–Kier alpha value is -2.87. The van der Waals surface area contributed by atoms with Crippen molar-refractivity contribution in [3.63, 3.8) is 0 Å². The Morgan fingerprint density at radius 2 is 1.79 bits per heavy atom. The quantitative estimate of drug-likeness (QED) is 0.517. The van der Waals surface area contributed by atoms with Gasteiger partial charge in [0.2, 0.25) is 5.91 Å². The summed E-state index contributed by atoms with van der Waals surface area (Å²) in [4.78, 5) is 29.5. The Morgan fingerprint density at radius 1 is 1.03 bits per heavy atom. The van der Waals surface area contributed by atoms with Crippen molar-refractivity contribution in [2.45, 2.75) is 45.6 Å². The highest BCUT2D eigenvalue weighted by molar-refractivity contribution is 7.18. The van der Waals surface area contributed by atoms with Crippen molar-refractivity contribution in [2.75, 3.05) is 38.8 Å². The van der Waals surface area contributed by atoms with E-state index in [9.17, 15) is 4.79 Å². The maximum Gasteiger partial charge on any atom is 0.226 e. The number of carbonyl (C=O) groups excluding carboxylic acids is 1. The molecule has 1 unspecified atom stereocenters. The molecule has 2 aliphatic rings. The van der Waals surface area contributed by atoms with Crippen molar-refractivity contribution in [3.05, 3.63) is 40.5 Å². The summed E-state index contributed by atoms with van der Waals surface area (Å²) < 4.78 is 10.9. The van der Waals surface area contributed by atoms with E-state index < -0.39 is 0 Å². The van der Waals surface area contributed by atoms with Crippen LogP contribution in [-0.2, 0) is 4.79 Å². The number of aryl methyl sites for hydroxylation is 2. The lowest BCUT2D eigenvalue weighted by Gasteiger charge is -2.35. The van der Waals surface area contributed by atoms with Gasteiger partial charge in [-0.15, -0.1) is 11.3 Å². The summed E-state index contributed by atoms with van der Waals surface area (Å²) >= 11 is 1.73. The number of methoxy groups -OCH3 is 2. The number of aromatic nitrogens is 2. The van der Waals surface area contributed by atoms with Gasteiger partial charge in [-0.05, 0) is 62.8 Å². The molecule has 2 saturated heterocycles. The van der Waals surface area contributed by atoms with E-state index in [4.69, 9.17) is 9.47 Å². The van der Waals surface area contributed by atoms with E-state index in [0.29, 0.717) is 11.5 Å². The van der Waals surface area contributed by atoms with Crippen LogP contribution in [0.2, 0.25) is 0 Å². The first-order valence-electron chi connectivity index (χ1n) is 12.0. The SMILES string of the molecule is COc1ccc(C2CCCN2C(=O)C2CCN(c3ncnc4sc(C)c(C)c34)CC2)cc1OC. The van der Waals surface area contributed by atoms with Crippen LogP contribution < -0.4 is 14.4 Å². The Morgan fingerprint density at radius 3 is 2.53 bits per heavy atom. The van der Waals surface area contributed by atoms with Crippen LogP contribution >= 0.6 is 11.3 Å². The molecule has 2 aliphatic heterocycles. The van der Waals surface area contributed by atoms with Crippen LogP contribution in [-0.4, -0.2) is 54.6 Å². The van der Waals surface area contributed by atoms with Gasteiger partial charge >= 0.3 is 0 Å². The number of ether oxygens (including phenoxy) is 2. The summed E-state index contributed by atoms with van der Waals surface area (Å²) in [6, 6.07) is 6.11. The molecule has 7 nitrogen and oxygen atoms in total. The number of piperidine rings is 1. The maximum absolute atomic E-state index is 13.6. The van der Waals surface area contributed by atoms with E-state index in [0.717, 1.165) is 61.5 Å². The lowest BCUT2D eigenvalue weighted by atomic mass is 9.94. The fourth-order valence-corrected chi connectivity index (χ4v) is 6.40. The van der Waals surface area contributed by atoms with Crippen molar-refractivity contribution in [3.8, 4) is 11.5 Å². The first kappa shape index (κ1) is 22.9. The van der Waals surface area contributed by atoms with Crippen LogP contribution in [0.3, 0.4) is 0 Å². The predicted molar refractivity (Wildman–Crippen MR) is 135 cm³/mol. The fraction of sp³-hybridized carbons (Fsp3) is 0.500. The summed E-state index contributed by atoms with van der Waals surface area (Å²) in [5, 5.41) is 1.17. The van der Waals surface area contributed by atoms with Gasteiger partial charge in [0.25, 0.3) is 0 Å². The summed E-state index contributed by atoms with van der Waals surface area (Å²) in [7, 11) is 3.29. The molecule has 1 aromatic carbocycles. The summed E-state index contributed by atoms with van der Waals surface area (Å²) in [6.07, 6.45) is 5.38. The number of rotatable bonds is 5. The fourth-order valence-electron chi connectivity index (χ4n) is 5.41. The second-order valence-corrected chi connectivity index (χ2v) is 10.4. The summed E-state index contributed by atoms with van der Waals surface area (Å²) in [5.74, 6) is 2.78. The van der Waals surface area contributed by atoms with Crippen molar-refractivity contribution < 1.29 is 14.3 Å². The van der Waals surface area contributed by atoms with Crippen LogP contribution in [0.4, 0.5) is 5.82 Å². The minimum Gasteiger partial charge on any atom is -0.493 e. The van der Waals surface area contributed by atoms with Gasteiger partial charge in [-0.1, -0.05) is 6.07 Å². The predicted octanol–water partition coefficient (Wildman–Crippen LogP) is 4.91. The average molecular weight is 481 g/mol. The molecule has 1 amide bonds. The topological polar surface area (TPSA) is 67.8 Å². The highest BCUT2D eigenvalue weighted by Gasteiger charge is 2.36. The molecule has 0 spiro atoms. The second kappa shape index (κ2) is 9.41. The van der Waals surface area contributed by atoms with Crippen LogP contribution in [0.15, 0.2) is 24.5 Å². The zero-order chi connectivity index (χ0) is 23.8. The number of hydrogen-bond donors (Lipinski definition) is 0. The maximum atomic E-state index is 13.6. The Balaban J connectivity index is 1.30. The third kappa shape index (κ3) is 3.98. The molecule has 0 N–H and O–H groups in total. The Bertz CT molecular complexity index is 1200. The number of hydrogen-bond acceptors (Lipinski definition) is 7. The lowest BCUT2D eigenvalue weighted by Crippen LogP contribution is -2.42. The van der Waals surface area contributed by atoms with E-state index in [2.05, 4.69) is 39.7 Å². The van der Waals surface area contributed by atoms with Crippen LogP contribution in [0, 0.1) is 19.8 Å². The van der Waals surface area contributed by atoms with Gasteiger partial charge in [0.1, 0.15) is 17.0 Å². The number of thiophene rings is 1. The molecule has 0 radical (unpaired) electrons. The zero-order valence-electron chi connectivity index (χ0n) is 20.3. The average Bonchev–Trinajstić information content (AvgIpc) is 3.48. The van der Waals surface area contributed by atoms with Crippen molar-refractivity contribution in [2.24, 2.45) is 5.92 Å². The summed E-state index contributed by atoms with van der Waals surface area (Å²) in [5.41, 5.74) is 2.39. The van der Waals surface area contributed by atoms with Crippen LogP contribution in [0.25, 0.3) is 10.2 Å². The monoisotopic (exact) mass is 480 g/mol.